The normalized spacial score (nSPS) is 20.2. The minimum Gasteiger partial charge on any atom is -0.397 e. The van der Waals surface area contributed by atoms with E-state index in [1.807, 2.05) is 0 Å². The van der Waals surface area contributed by atoms with Gasteiger partial charge in [0.15, 0.2) is 0 Å². The predicted molar refractivity (Wildman–Crippen MR) is 75.2 cm³/mol. The Morgan fingerprint density at radius 2 is 2.28 bits per heavy atom. The number of benzene rings is 1. The number of aliphatic hydroxyl groups is 1. The van der Waals surface area contributed by atoms with E-state index in [0.717, 1.165) is 38.0 Å². The Bertz CT molecular complexity index is 426. The molecule has 0 aliphatic carbocycles. The Morgan fingerprint density at radius 3 is 3.00 bits per heavy atom. The van der Waals surface area contributed by atoms with Gasteiger partial charge in [-0.05, 0) is 47.2 Å². The second-order valence-electron chi connectivity index (χ2n) is 4.79. The molecule has 1 aromatic rings. The molecule has 0 radical (unpaired) electrons. The molecule has 0 amide bonds. The fourth-order valence-electron chi connectivity index (χ4n) is 2.53. The second-order valence-corrected chi connectivity index (χ2v) is 5.65. The van der Waals surface area contributed by atoms with Crippen molar-refractivity contribution in [1.29, 1.82) is 0 Å². The summed E-state index contributed by atoms with van der Waals surface area (Å²) in [5, 5.41) is 9.00. The molecule has 1 fully saturated rings. The van der Waals surface area contributed by atoms with Gasteiger partial charge in [-0.25, -0.2) is 4.39 Å². The number of halogens is 2. The molecule has 1 atom stereocenters. The zero-order valence-electron chi connectivity index (χ0n) is 10.2. The Hall–Kier alpha value is -0.810. The molecule has 0 bridgehead atoms. The number of aliphatic hydroxyl groups excluding tert-OH is 1. The van der Waals surface area contributed by atoms with Gasteiger partial charge in [0.2, 0.25) is 0 Å². The number of piperidine rings is 1. The topological polar surface area (TPSA) is 49.5 Å². The zero-order valence-corrected chi connectivity index (χ0v) is 11.8. The van der Waals surface area contributed by atoms with E-state index < -0.39 is 0 Å². The van der Waals surface area contributed by atoms with Crippen LogP contribution < -0.4 is 10.6 Å². The van der Waals surface area contributed by atoms with Crippen molar-refractivity contribution in [2.75, 3.05) is 30.3 Å². The molecule has 1 aliphatic rings. The van der Waals surface area contributed by atoms with E-state index in [0.29, 0.717) is 16.1 Å². The Balaban J connectivity index is 2.18. The van der Waals surface area contributed by atoms with Crippen LogP contribution in [0.1, 0.15) is 19.3 Å². The summed E-state index contributed by atoms with van der Waals surface area (Å²) in [4.78, 5) is 2.12. The van der Waals surface area contributed by atoms with Crippen molar-refractivity contribution in [3.63, 3.8) is 0 Å². The first-order valence-corrected chi connectivity index (χ1v) is 7.01. The summed E-state index contributed by atoms with van der Waals surface area (Å²) in [6.45, 7) is 1.95. The summed E-state index contributed by atoms with van der Waals surface area (Å²) in [5.74, 6) is 0.179. The van der Waals surface area contributed by atoms with Gasteiger partial charge in [-0.1, -0.05) is 0 Å². The van der Waals surface area contributed by atoms with Crippen LogP contribution in [-0.2, 0) is 0 Å². The van der Waals surface area contributed by atoms with Gasteiger partial charge in [-0.15, -0.1) is 0 Å². The van der Waals surface area contributed by atoms with Crippen molar-refractivity contribution in [3.05, 3.63) is 22.4 Å². The number of rotatable bonds is 3. The van der Waals surface area contributed by atoms with Crippen LogP contribution in [0.15, 0.2) is 16.6 Å². The number of anilines is 2. The summed E-state index contributed by atoms with van der Waals surface area (Å²) in [5.41, 5.74) is 7.31. The van der Waals surface area contributed by atoms with E-state index in [2.05, 4.69) is 20.8 Å². The lowest BCUT2D eigenvalue weighted by molar-refractivity contribution is 0.244. The van der Waals surface area contributed by atoms with Crippen LogP contribution in [-0.4, -0.2) is 24.8 Å². The Morgan fingerprint density at radius 1 is 1.50 bits per heavy atom. The van der Waals surface area contributed by atoms with Crippen molar-refractivity contribution >= 4 is 27.3 Å². The van der Waals surface area contributed by atoms with Crippen molar-refractivity contribution in [1.82, 2.24) is 0 Å². The highest BCUT2D eigenvalue weighted by Gasteiger charge is 2.21. The van der Waals surface area contributed by atoms with Gasteiger partial charge in [0, 0.05) is 25.8 Å². The third-order valence-corrected chi connectivity index (χ3v) is 4.07. The van der Waals surface area contributed by atoms with E-state index in [9.17, 15) is 4.39 Å². The Kier molecular flexibility index (Phi) is 4.45. The van der Waals surface area contributed by atoms with Crippen molar-refractivity contribution in [3.8, 4) is 0 Å². The summed E-state index contributed by atoms with van der Waals surface area (Å²) in [6.07, 6.45) is 2.98. The molecule has 100 valence electrons. The lowest BCUT2D eigenvalue weighted by Crippen LogP contribution is -2.36. The maximum Gasteiger partial charge on any atom is 0.139 e. The summed E-state index contributed by atoms with van der Waals surface area (Å²) in [7, 11) is 0. The molecular formula is C13H18BrFN2O. The predicted octanol–water partition coefficient (Wildman–Crippen LogP) is 2.77. The van der Waals surface area contributed by atoms with Crippen molar-refractivity contribution < 1.29 is 9.50 Å². The second kappa shape index (κ2) is 5.89. The third kappa shape index (κ3) is 2.95. The van der Waals surface area contributed by atoms with Gasteiger partial charge in [-0.3, -0.25) is 0 Å². The highest BCUT2D eigenvalue weighted by molar-refractivity contribution is 9.10. The van der Waals surface area contributed by atoms with E-state index >= 15 is 0 Å². The molecular weight excluding hydrogens is 299 g/mol. The molecule has 3 N–H and O–H groups in total. The van der Waals surface area contributed by atoms with Crippen LogP contribution >= 0.6 is 15.9 Å². The molecule has 1 aromatic carbocycles. The van der Waals surface area contributed by atoms with Crippen LogP contribution in [0.25, 0.3) is 0 Å². The van der Waals surface area contributed by atoms with Gasteiger partial charge in [0.1, 0.15) is 5.82 Å². The highest BCUT2D eigenvalue weighted by atomic mass is 79.9. The van der Waals surface area contributed by atoms with Crippen molar-refractivity contribution in [2.45, 2.75) is 19.3 Å². The average Bonchev–Trinajstić information content (AvgIpc) is 2.34. The van der Waals surface area contributed by atoms with Gasteiger partial charge >= 0.3 is 0 Å². The van der Waals surface area contributed by atoms with Gasteiger partial charge in [0.05, 0.1) is 15.8 Å². The minimum absolute atomic E-state index is 0.211. The Labute approximate surface area is 115 Å². The molecule has 0 spiro atoms. The SMILES string of the molecule is Nc1cc(Br)c(F)cc1N1CCCC(CCO)C1. The molecule has 0 saturated carbocycles. The van der Waals surface area contributed by atoms with Crippen LogP contribution in [0.4, 0.5) is 15.8 Å². The molecule has 18 heavy (non-hydrogen) atoms. The van der Waals surface area contributed by atoms with Gasteiger partial charge < -0.3 is 15.7 Å². The number of nitrogens with zero attached hydrogens (tertiary/aromatic N) is 1. The largest absolute Gasteiger partial charge is 0.397 e. The smallest absolute Gasteiger partial charge is 0.139 e. The van der Waals surface area contributed by atoms with Gasteiger partial charge in [-0.2, -0.15) is 0 Å². The number of nitrogen functional groups attached to an aromatic ring is 1. The highest BCUT2D eigenvalue weighted by Crippen LogP contribution is 2.32. The fraction of sp³-hybridized carbons (Fsp3) is 0.538. The lowest BCUT2D eigenvalue weighted by Gasteiger charge is -2.35. The van der Waals surface area contributed by atoms with Crippen LogP contribution in [0.2, 0.25) is 0 Å². The van der Waals surface area contributed by atoms with Crippen molar-refractivity contribution in [2.24, 2.45) is 5.92 Å². The molecule has 1 aliphatic heterocycles. The quantitative estimate of drug-likeness (QED) is 0.843. The van der Waals surface area contributed by atoms with Crippen LogP contribution in [0.5, 0.6) is 0 Å². The fourth-order valence-corrected chi connectivity index (χ4v) is 2.89. The number of nitrogens with two attached hydrogens (primary N) is 1. The van der Waals surface area contributed by atoms with E-state index in [4.69, 9.17) is 10.8 Å². The molecule has 1 unspecified atom stereocenters. The standard InChI is InChI=1S/C13H18BrFN2O/c14-10-6-12(16)13(7-11(10)15)17-4-1-2-9(8-17)3-5-18/h6-7,9,18H,1-5,8,16H2. The van der Waals surface area contributed by atoms with Crippen LogP contribution in [0, 0.1) is 11.7 Å². The van der Waals surface area contributed by atoms with Crippen LogP contribution in [0.3, 0.4) is 0 Å². The zero-order chi connectivity index (χ0) is 13.1. The first kappa shape index (κ1) is 13.6. The number of hydrogen-bond acceptors (Lipinski definition) is 3. The molecule has 1 heterocycles. The lowest BCUT2D eigenvalue weighted by atomic mass is 9.94. The molecule has 0 aromatic heterocycles. The minimum atomic E-state index is -0.288. The first-order valence-electron chi connectivity index (χ1n) is 6.22. The van der Waals surface area contributed by atoms with E-state index in [-0.39, 0.29) is 12.4 Å². The average molecular weight is 317 g/mol. The third-order valence-electron chi connectivity index (χ3n) is 3.47. The molecule has 3 nitrogen and oxygen atoms in total. The first-order chi connectivity index (χ1) is 8.61. The molecule has 1 saturated heterocycles. The summed E-state index contributed by atoms with van der Waals surface area (Å²) in [6, 6.07) is 3.10. The monoisotopic (exact) mass is 316 g/mol. The van der Waals surface area contributed by atoms with Gasteiger partial charge in [0.25, 0.3) is 0 Å². The molecule has 5 heteroatoms. The van der Waals surface area contributed by atoms with E-state index in [1.165, 1.54) is 6.07 Å². The summed E-state index contributed by atoms with van der Waals surface area (Å²) >= 11 is 3.13. The molecule has 2 rings (SSSR count). The number of hydrogen-bond donors (Lipinski definition) is 2. The summed E-state index contributed by atoms with van der Waals surface area (Å²) < 4.78 is 14.0. The maximum atomic E-state index is 13.6. The maximum absolute atomic E-state index is 13.6. The van der Waals surface area contributed by atoms with E-state index in [1.54, 1.807) is 6.07 Å².